The molecule has 5 heteroatoms. The SMILES string of the molecule is CN(C)c1cc[nH+]c(Oc2ccc(F)cc2)c1C#N. The van der Waals surface area contributed by atoms with Crippen molar-refractivity contribution < 1.29 is 14.1 Å². The van der Waals surface area contributed by atoms with Gasteiger partial charge in [0.2, 0.25) is 0 Å². The molecule has 1 aromatic heterocycles. The highest BCUT2D eigenvalue weighted by molar-refractivity contribution is 5.60. The molecular weight excluding hydrogens is 245 g/mol. The lowest BCUT2D eigenvalue weighted by molar-refractivity contribution is -0.391. The standard InChI is InChI=1S/C14H12FN3O/c1-18(2)13-7-8-17-14(12(13)9-16)19-11-5-3-10(15)4-6-11/h3-8H,1-2H3/p+1. The quantitative estimate of drug-likeness (QED) is 0.849. The topological polar surface area (TPSA) is 50.4 Å². The van der Waals surface area contributed by atoms with E-state index in [1.165, 1.54) is 24.3 Å². The van der Waals surface area contributed by atoms with E-state index in [0.29, 0.717) is 17.2 Å². The number of anilines is 1. The first kappa shape index (κ1) is 12.8. The second-order valence-electron chi connectivity index (χ2n) is 4.13. The predicted molar refractivity (Wildman–Crippen MR) is 68.5 cm³/mol. The minimum absolute atomic E-state index is 0.334. The number of hydrogen-bond donors (Lipinski definition) is 0. The van der Waals surface area contributed by atoms with E-state index in [9.17, 15) is 9.65 Å². The van der Waals surface area contributed by atoms with Crippen LogP contribution in [0.5, 0.6) is 11.6 Å². The highest BCUT2D eigenvalue weighted by Crippen LogP contribution is 2.26. The number of aromatic nitrogens is 1. The van der Waals surface area contributed by atoms with Gasteiger partial charge in [0.1, 0.15) is 17.6 Å². The predicted octanol–water partition coefficient (Wildman–Crippen LogP) is 2.37. The number of rotatable bonds is 3. The van der Waals surface area contributed by atoms with Crippen LogP contribution in [0.15, 0.2) is 36.5 Å². The normalized spacial score (nSPS) is 9.79. The average molecular weight is 258 g/mol. The monoisotopic (exact) mass is 258 g/mol. The summed E-state index contributed by atoms with van der Waals surface area (Å²) in [5.41, 5.74) is 1.15. The molecule has 1 heterocycles. The third-order valence-corrected chi connectivity index (χ3v) is 2.57. The summed E-state index contributed by atoms with van der Waals surface area (Å²) in [6, 6.07) is 9.51. The minimum Gasteiger partial charge on any atom is -0.404 e. The number of nitriles is 1. The molecule has 0 bridgehead atoms. The van der Waals surface area contributed by atoms with Crippen LogP contribution in [0.4, 0.5) is 10.1 Å². The summed E-state index contributed by atoms with van der Waals surface area (Å²) in [4.78, 5) is 4.70. The van der Waals surface area contributed by atoms with Gasteiger partial charge in [-0.15, -0.1) is 0 Å². The van der Waals surface area contributed by atoms with E-state index in [0.717, 1.165) is 5.69 Å². The van der Waals surface area contributed by atoms with Crippen molar-refractivity contribution >= 4 is 5.69 Å². The van der Waals surface area contributed by atoms with Crippen LogP contribution in [0.1, 0.15) is 5.56 Å². The Hall–Kier alpha value is -2.61. The Balaban J connectivity index is 2.38. The maximum absolute atomic E-state index is 12.8. The number of nitrogens with zero attached hydrogens (tertiary/aromatic N) is 2. The minimum atomic E-state index is -0.334. The first-order valence-electron chi connectivity index (χ1n) is 5.67. The Morgan fingerprint density at radius 2 is 1.89 bits per heavy atom. The summed E-state index contributed by atoms with van der Waals surface area (Å²) in [6.45, 7) is 0. The maximum atomic E-state index is 12.8. The summed E-state index contributed by atoms with van der Waals surface area (Å²) in [6.07, 6.45) is 1.69. The fourth-order valence-electron chi connectivity index (χ4n) is 1.65. The van der Waals surface area contributed by atoms with E-state index < -0.39 is 0 Å². The fraction of sp³-hybridized carbons (Fsp3) is 0.143. The highest BCUT2D eigenvalue weighted by atomic mass is 19.1. The van der Waals surface area contributed by atoms with E-state index in [1.54, 1.807) is 12.3 Å². The summed E-state index contributed by atoms with van der Waals surface area (Å²) in [7, 11) is 3.69. The number of halogens is 1. The summed E-state index contributed by atoms with van der Waals surface area (Å²) < 4.78 is 18.4. The lowest BCUT2D eigenvalue weighted by Gasteiger charge is -2.13. The zero-order chi connectivity index (χ0) is 13.8. The number of H-pyrrole nitrogens is 1. The van der Waals surface area contributed by atoms with Gasteiger partial charge in [0, 0.05) is 20.2 Å². The smallest absolute Gasteiger partial charge is 0.392 e. The Kier molecular flexibility index (Phi) is 3.62. The molecular formula is C14H13FN3O+. The molecule has 0 aliphatic heterocycles. The second kappa shape index (κ2) is 5.36. The third-order valence-electron chi connectivity index (χ3n) is 2.57. The Bertz CT molecular complexity index is 618. The van der Waals surface area contributed by atoms with Gasteiger partial charge in [-0.1, -0.05) is 0 Å². The van der Waals surface area contributed by atoms with Gasteiger partial charge in [0.05, 0.1) is 5.69 Å². The van der Waals surface area contributed by atoms with Crippen molar-refractivity contribution in [1.29, 1.82) is 5.26 Å². The van der Waals surface area contributed by atoms with Gasteiger partial charge in [-0.3, -0.25) is 0 Å². The molecule has 1 aromatic carbocycles. The molecule has 19 heavy (non-hydrogen) atoms. The number of ether oxygens (including phenoxy) is 1. The van der Waals surface area contributed by atoms with Crippen LogP contribution >= 0.6 is 0 Å². The molecule has 0 radical (unpaired) electrons. The van der Waals surface area contributed by atoms with Crippen molar-refractivity contribution in [2.75, 3.05) is 19.0 Å². The van der Waals surface area contributed by atoms with Gasteiger partial charge in [-0.05, 0) is 24.3 Å². The maximum Gasteiger partial charge on any atom is 0.392 e. The highest BCUT2D eigenvalue weighted by Gasteiger charge is 2.18. The molecule has 0 atom stereocenters. The van der Waals surface area contributed by atoms with E-state index >= 15 is 0 Å². The molecule has 0 spiro atoms. The summed E-state index contributed by atoms with van der Waals surface area (Å²) >= 11 is 0. The van der Waals surface area contributed by atoms with Crippen molar-refractivity contribution in [3.63, 3.8) is 0 Å². The van der Waals surface area contributed by atoms with E-state index in [2.05, 4.69) is 11.1 Å². The molecule has 0 aliphatic carbocycles. The summed E-state index contributed by atoms with van der Waals surface area (Å²) in [5.74, 6) is 0.462. The molecule has 0 saturated heterocycles. The Labute approximate surface area is 110 Å². The van der Waals surface area contributed by atoms with Gasteiger partial charge in [0.25, 0.3) is 0 Å². The molecule has 0 fully saturated rings. The zero-order valence-corrected chi connectivity index (χ0v) is 10.6. The van der Waals surface area contributed by atoms with Gasteiger partial charge in [-0.25, -0.2) is 4.39 Å². The fourth-order valence-corrected chi connectivity index (χ4v) is 1.65. The van der Waals surface area contributed by atoms with Gasteiger partial charge >= 0.3 is 5.88 Å². The average Bonchev–Trinajstić information content (AvgIpc) is 2.41. The molecule has 96 valence electrons. The molecule has 2 aromatic rings. The van der Waals surface area contributed by atoms with Crippen LogP contribution < -0.4 is 14.6 Å². The molecule has 1 N–H and O–H groups in total. The Morgan fingerprint density at radius 1 is 1.21 bits per heavy atom. The largest absolute Gasteiger partial charge is 0.404 e. The van der Waals surface area contributed by atoms with Crippen molar-refractivity contribution in [2.45, 2.75) is 0 Å². The number of aromatic amines is 1. The first-order valence-corrected chi connectivity index (χ1v) is 5.67. The molecule has 2 rings (SSSR count). The van der Waals surface area contributed by atoms with E-state index in [1.807, 2.05) is 19.0 Å². The number of nitrogens with one attached hydrogen (secondary N) is 1. The van der Waals surface area contributed by atoms with Crippen LogP contribution in [-0.4, -0.2) is 14.1 Å². The third kappa shape index (κ3) is 2.80. The van der Waals surface area contributed by atoms with Gasteiger partial charge in [0.15, 0.2) is 11.8 Å². The number of benzene rings is 1. The molecule has 0 amide bonds. The van der Waals surface area contributed by atoms with E-state index in [-0.39, 0.29) is 5.82 Å². The lowest BCUT2D eigenvalue weighted by atomic mass is 10.2. The molecule has 0 saturated carbocycles. The van der Waals surface area contributed by atoms with Crippen LogP contribution in [0, 0.1) is 17.1 Å². The first-order chi connectivity index (χ1) is 9.11. The van der Waals surface area contributed by atoms with Crippen LogP contribution in [0.2, 0.25) is 0 Å². The Morgan fingerprint density at radius 3 is 2.47 bits per heavy atom. The van der Waals surface area contributed by atoms with Crippen LogP contribution in [-0.2, 0) is 0 Å². The molecule has 4 nitrogen and oxygen atoms in total. The van der Waals surface area contributed by atoms with Gasteiger partial charge in [-0.2, -0.15) is 10.2 Å². The lowest BCUT2D eigenvalue weighted by Crippen LogP contribution is -2.16. The van der Waals surface area contributed by atoms with E-state index in [4.69, 9.17) is 4.74 Å². The second-order valence-corrected chi connectivity index (χ2v) is 4.13. The molecule has 0 aliphatic rings. The van der Waals surface area contributed by atoms with Crippen molar-refractivity contribution in [2.24, 2.45) is 0 Å². The van der Waals surface area contributed by atoms with Crippen molar-refractivity contribution in [1.82, 2.24) is 0 Å². The van der Waals surface area contributed by atoms with Crippen LogP contribution in [0.3, 0.4) is 0 Å². The summed E-state index contributed by atoms with van der Waals surface area (Å²) in [5, 5.41) is 9.23. The number of hydrogen-bond acceptors (Lipinski definition) is 3. The zero-order valence-electron chi connectivity index (χ0n) is 10.6. The van der Waals surface area contributed by atoms with Crippen molar-refractivity contribution in [3.8, 4) is 17.7 Å². The van der Waals surface area contributed by atoms with Crippen LogP contribution in [0.25, 0.3) is 0 Å². The van der Waals surface area contributed by atoms with Crippen molar-refractivity contribution in [3.05, 3.63) is 47.9 Å². The van der Waals surface area contributed by atoms with Gasteiger partial charge < -0.3 is 9.64 Å². The molecule has 0 unspecified atom stereocenters. The number of pyridine rings is 1.